The van der Waals surface area contributed by atoms with Gasteiger partial charge in [0.1, 0.15) is 6.61 Å². The van der Waals surface area contributed by atoms with Crippen molar-refractivity contribution in [1.29, 1.82) is 0 Å². The fourth-order valence-electron chi connectivity index (χ4n) is 0.227. The maximum atomic E-state index is 9.45. The van der Waals surface area contributed by atoms with Crippen LogP contribution in [0.25, 0.3) is 0 Å². The van der Waals surface area contributed by atoms with Crippen molar-refractivity contribution in [3.8, 4) is 0 Å². The van der Waals surface area contributed by atoms with Crippen molar-refractivity contribution >= 4 is 6.47 Å². The Morgan fingerprint density at radius 1 is 1.88 bits per heavy atom. The SMILES string of the molecule is C/C=C(\C)CO[C]=O. The van der Waals surface area contributed by atoms with Crippen LogP contribution in [0.1, 0.15) is 13.8 Å². The number of rotatable bonds is 3. The lowest BCUT2D eigenvalue weighted by molar-refractivity contribution is 0.305. The summed E-state index contributed by atoms with van der Waals surface area (Å²) in [6.45, 7) is 5.48. The van der Waals surface area contributed by atoms with Gasteiger partial charge in [0.2, 0.25) is 0 Å². The maximum Gasteiger partial charge on any atom is 0.417 e. The summed E-state index contributed by atoms with van der Waals surface area (Å²) in [5, 5.41) is 0. The quantitative estimate of drug-likeness (QED) is 0.511. The third-order valence-electron chi connectivity index (χ3n) is 0.852. The summed E-state index contributed by atoms with van der Waals surface area (Å²) in [7, 11) is 0. The zero-order valence-corrected chi connectivity index (χ0v) is 5.10. The molecule has 0 unspecified atom stereocenters. The molecule has 0 aliphatic rings. The standard InChI is InChI=1S/C6H9O2/c1-3-6(2)4-8-5-7/h3H,4H2,1-2H3/b6-3+. The largest absolute Gasteiger partial charge is 0.453 e. The molecule has 0 aromatic heterocycles. The Bertz CT molecular complexity index is 94.7. The van der Waals surface area contributed by atoms with Gasteiger partial charge < -0.3 is 4.74 Å². The molecular weight excluding hydrogens is 104 g/mol. The molecule has 0 spiro atoms. The summed E-state index contributed by atoms with van der Waals surface area (Å²) in [4.78, 5) is 9.45. The topological polar surface area (TPSA) is 26.3 Å². The average Bonchev–Trinajstić information content (AvgIpc) is 1.83. The van der Waals surface area contributed by atoms with Gasteiger partial charge in [0.15, 0.2) is 0 Å². The van der Waals surface area contributed by atoms with Crippen LogP contribution in [-0.2, 0) is 9.53 Å². The molecule has 0 saturated heterocycles. The van der Waals surface area contributed by atoms with Crippen LogP contribution in [0.2, 0.25) is 0 Å². The van der Waals surface area contributed by atoms with E-state index in [1.807, 2.05) is 19.9 Å². The maximum absolute atomic E-state index is 9.45. The highest BCUT2D eigenvalue weighted by molar-refractivity contribution is 5.38. The predicted molar refractivity (Wildman–Crippen MR) is 31.1 cm³/mol. The number of ether oxygens (including phenoxy) is 1. The van der Waals surface area contributed by atoms with Crippen molar-refractivity contribution in [1.82, 2.24) is 0 Å². The van der Waals surface area contributed by atoms with Crippen molar-refractivity contribution in [2.75, 3.05) is 6.61 Å². The fourth-order valence-corrected chi connectivity index (χ4v) is 0.227. The van der Waals surface area contributed by atoms with E-state index in [1.165, 1.54) is 6.47 Å². The van der Waals surface area contributed by atoms with Gasteiger partial charge >= 0.3 is 6.47 Å². The molecule has 0 saturated carbocycles. The Labute approximate surface area is 49.1 Å². The summed E-state index contributed by atoms with van der Waals surface area (Å²) >= 11 is 0. The van der Waals surface area contributed by atoms with Crippen molar-refractivity contribution in [3.63, 3.8) is 0 Å². The van der Waals surface area contributed by atoms with Crippen molar-refractivity contribution in [2.45, 2.75) is 13.8 Å². The average molecular weight is 113 g/mol. The van der Waals surface area contributed by atoms with Gasteiger partial charge in [-0.05, 0) is 19.4 Å². The molecule has 0 aromatic carbocycles. The van der Waals surface area contributed by atoms with E-state index >= 15 is 0 Å². The Hall–Kier alpha value is -0.790. The van der Waals surface area contributed by atoms with E-state index < -0.39 is 0 Å². The van der Waals surface area contributed by atoms with Gasteiger partial charge in [-0.25, -0.2) is 4.79 Å². The molecule has 0 N–H and O–H groups in total. The van der Waals surface area contributed by atoms with Gasteiger partial charge in [-0.15, -0.1) is 0 Å². The number of hydrogen-bond acceptors (Lipinski definition) is 2. The van der Waals surface area contributed by atoms with E-state index in [4.69, 9.17) is 0 Å². The van der Waals surface area contributed by atoms with Gasteiger partial charge in [0.05, 0.1) is 0 Å². The van der Waals surface area contributed by atoms with Crippen LogP contribution >= 0.6 is 0 Å². The van der Waals surface area contributed by atoms with Crippen LogP contribution in [0.15, 0.2) is 11.6 Å². The second-order valence-electron chi connectivity index (χ2n) is 1.51. The normalized spacial score (nSPS) is 11.0. The summed E-state index contributed by atoms with van der Waals surface area (Å²) in [6, 6.07) is 0. The minimum Gasteiger partial charge on any atom is -0.453 e. The lowest BCUT2D eigenvalue weighted by atomic mass is 10.3. The Kier molecular flexibility index (Phi) is 3.94. The smallest absolute Gasteiger partial charge is 0.417 e. The summed E-state index contributed by atoms with van der Waals surface area (Å²) in [5.74, 6) is 0. The molecule has 0 fully saturated rings. The molecule has 0 amide bonds. The van der Waals surface area contributed by atoms with Crippen LogP contribution in [0, 0.1) is 0 Å². The lowest BCUT2D eigenvalue weighted by Crippen LogP contribution is -1.91. The fraction of sp³-hybridized carbons (Fsp3) is 0.500. The van der Waals surface area contributed by atoms with Crippen molar-refractivity contribution < 1.29 is 9.53 Å². The van der Waals surface area contributed by atoms with Crippen molar-refractivity contribution in [3.05, 3.63) is 11.6 Å². The van der Waals surface area contributed by atoms with E-state index in [0.29, 0.717) is 6.61 Å². The highest BCUT2D eigenvalue weighted by Gasteiger charge is 1.84. The van der Waals surface area contributed by atoms with Gasteiger partial charge in [0, 0.05) is 0 Å². The third kappa shape index (κ3) is 3.40. The third-order valence-corrected chi connectivity index (χ3v) is 0.852. The molecule has 0 heterocycles. The molecule has 2 nitrogen and oxygen atoms in total. The van der Waals surface area contributed by atoms with Gasteiger partial charge in [-0.1, -0.05) is 6.08 Å². The van der Waals surface area contributed by atoms with Gasteiger partial charge in [-0.3, -0.25) is 0 Å². The molecule has 8 heavy (non-hydrogen) atoms. The van der Waals surface area contributed by atoms with Crippen LogP contribution in [-0.4, -0.2) is 13.1 Å². The molecule has 0 rings (SSSR count). The van der Waals surface area contributed by atoms with Gasteiger partial charge in [0.25, 0.3) is 0 Å². The predicted octanol–water partition coefficient (Wildman–Crippen LogP) is 1.04. The van der Waals surface area contributed by atoms with Crippen molar-refractivity contribution in [2.24, 2.45) is 0 Å². The number of carbonyl (C=O) groups excluding carboxylic acids is 1. The second kappa shape index (κ2) is 4.37. The first kappa shape index (κ1) is 7.21. The molecular formula is C6H9O2. The molecule has 0 aromatic rings. The molecule has 0 atom stereocenters. The summed E-state index contributed by atoms with van der Waals surface area (Å²) < 4.78 is 4.31. The van der Waals surface area contributed by atoms with E-state index in [2.05, 4.69) is 4.74 Å². The monoisotopic (exact) mass is 113 g/mol. The lowest BCUT2D eigenvalue weighted by Gasteiger charge is -1.93. The molecule has 0 bridgehead atoms. The zero-order valence-electron chi connectivity index (χ0n) is 5.10. The first-order valence-corrected chi connectivity index (χ1v) is 2.42. The van der Waals surface area contributed by atoms with Gasteiger partial charge in [-0.2, -0.15) is 0 Å². The highest BCUT2D eigenvalue weighted by Crippen LogP contribution is 1.89. The molecule has 2 heteroatoms. The Morgan fingerprint density at radius 2 is 2.50 bits per heavy atom. The Balaban J connectivity index is 3.24. The van der Waals surface area contributed by atoms with Crippen LogP contribution in [0.3, 0.4) is 0 Å². The molecule has 45 valence electrons. The summed E-state index contributed by atoms with van der Waals surface area (Å²) in [5.41, 5.74) is 1.04. The summed E-state index contributed by atoms with van der Waals surface area (Å²) in [6.07, 6.45) is 1.89. The van der Waals surface area contributed by atoms with E-state index in [-0.39, 0.29) is 0 Å². The van der Waals surface area contributed by atoms with E-state index in [1.54, 1.807) is 0 Å². The molecule has 0 aliphatic heterocycles. The number of hydrogen-bond donors (Lipinski definition) is 0. The molecule has 0 aliphatic carbocycles. The van der Waals surface area contributed by atoms with Crippen LogP contribution < -0.4 is 0 Å². The Morgan fingerprint density at radius 3 is 2.88 bits per heavy atom. The van der Waals surface area contributed by atoms with E-state index in [0.717, 1.165) is 5.57 Å². The minimum absolute atomic E-state index is 0.361. The first-order valence-electron chi connectivity index (χ1n) is 2.42. The first-order chi connectivity index (χ1) is 3.81. The van der Waals surface area contributed by atoms with Crippen LogP contribution in [0.4, 0.5) is 0 Å². The highest BCUT2D eigenvalue weighted by atomic mass is 16.5. The van der Waals surface area contributed by atoms with Crippen LogP contribution in [0.5, 0.6) is 0 Å². The minimum atomic E-state index is 0.361. The second-order valence-corrected chi connectivity index (χ2v) is 1.51. The van der Waals surface area contributed by atoms with E-state index in [9.17, 15) is 4.79 Å². The zero-order chi connectivity index (χ0) is 6.41. The number of allylic oxidation sites excluding steroid dienone is 1. The molecule has 1 radical (unpaired) electrons.